The first-order valence-corrected chi connectivity index (χ1v) is 6.54. The van der Waals surface area contributed by atoms with Gasteiger partial charge in [0.15, 0.2) is 0 Å². The number of likely N-dealkylation sites (N-methyl/N-ethyl adjacent to an activating group) is 1. The highest BCUT2D eigenvalue weighted by Gasteiger charge is 2.25. The van der Waals surface area contributed by atoms with E-state index >= 15 is 0 Å². The maximum absolute atomic E-state index is 13.0. The summed E-state index contributed by atoms with van der Waals surface area (Å²) in [6.45, 7) is 4.78. The number of rotatable bonds is 2. The molecule has 1 aromatic rings. The molecule has 4 heteroatoms. The highest BCUT2D eigenvalue weighted by atomic mass is 19.1. The van der Waals surface area contributed by atoms with Gasteiger partial charge in [-0.2, -0.15) is 0 Å². The molecule has 1 aliphatic heterocycles. The Bertz CT molecular complexity index is 379. The number of anilines is 1. The SMILES string of the molecule is CC1CCN(c2ccc(F)cc2)CC(CN)N1C. The van der Waals surface area contributed by atoms with Crippen molar-refractivity contribution in [1.29, 1.82) is 0 Å². The molecule has 2 rings (SSSR count). The molecule has 18 heavy (non-hydrogen) atoms. The lowest BCUT2D eigenvalue weighted by atomic mass is 10.2. The Morgan fingerprint density at radius 3 is 2.61 bits per heavy atom. The summed E-state index contributed by atoms with van der Waals surface area (Å²) in [4.78, 5) is 4.65. The van der Waals surface area contributed by atoms with Gasteiger partial charge in [-0.25, -0.2) is 4.39 Å². The fourth-order valence-electron chi connectivity index (χ4n) is 2.51. The molecule has 0 saturated carbocycles. The van der Waals surface area contributed by atoms with E-state index in [0.29, 0.717) is 18.6 Å². The maximum atomic E-state index is 13.0. The molecule has 1 heterocycles. The van der Waals surface area contributed by atoms with E-state index in [1.165, 1.54) is 12.1 Å². The van der Waals surface area contributed by atoms with Gasteiger partial charge in [-0.1, -0.05) is 0 Å². The number of halogens is 1. The van der Waals surface area contributed by atoms with E-state index in [0.717, 1.165) is 25.2 Å². The summed E-state index contributed by atoms with van der Waals surface area (Å²) in [5.74, 6) is -0.186. The normalized spacial score (nSPS) is 26.1. The number of benzene rings is 1. The van der Waals surface area contributed by atoms with Gasteiger partial charge in [-0.3, -0.25) is 4.90 Å². The Hall–Kier alpha value is -1.13. The molecule has 0 aromatic heterocycles. The van der Waals surface area contributed by atoms with Crippen molar-refractivity contribution < 1.29 is 4.39 Å². The van der Waals surface area contributed by atoms with E-state index in [-0.39, 0.29) is 5.82 Å². The molecular weight excluding hydrogens is 229 g/mol. The van der Waals surface area contributed by atoms with Crippen molar-refractivity contribution in [1.82, 2.24) is 4.90 Å². The minimum atomic E-state index is -0.186. The number of hydrogen-bond donors (Lipinski definition) is 1. The Morgan fingerprint density at radius 2 is 2.00 bits per heavy atom. The lowest BCUT2D eigenvalue weighted by molar-refractivity contribution is 0.201. The third-order valence-corrected chi connectivity index (χ3v) is 3.98. The molecule has 0 radical (unpaired) electrons. The third kappa shape index (κ3) is 2.82. The summed E-state index contributed by atoms with van der Waals surface area (Å²) < 4.78 is 13.0. The molecule has 0 bridgehead atoms. The summed E-state index contributed by atoms with van der Waals surface area (Å²) in [5, 5.41) is 0. The lowest BCUT2D eigenvalue weighted by Crippen LogP contribution is -2.46. The van der Waals surface area contributed by atoms with E-state index in [1.54, 1.807) is 0 Å². The Kier molecular flexibility index (Phi) is 4.19. The summed E-state index contributed by atoms with van der Waals surface area (Å²) >= 11 is 0. The molecule has 1 fully saturated rings. The first kappa shape index (κ1) is 13.3. The van der Waals surface area contributed by atoms with E-state index in [4.69, 9.17) is 5.73 Å². The second-order valence-electron chi connectivity index (χ2n) is 5.12. The fourth-order valence-corrected chi connectivity index (χ4v) is 2.51. The largest absolute Gasteiger partial charge is 0.370 e. The van der Waals surface area contributed by atoms with Crippen LogP contribution in [0.15, 0.2) is 24.3 Å². The quantitative estimate of drug-likeness (QED) is 0.868. The maximum Gasteiger partial charge on any atom is 0.123 e. The topological polar surface area (TPSA) is 32.5 Å². The van der Waals surface area contributed by atoms with Crippen molar-refractivity contribution in [3.05, 3.63) is 30.1 Å². The van der Waals surface area contributed by atoms with Crippen LogP contribution in [0.2, 0.25) is 0 Å². The van der Waals surface area contributed by atoms with Gasteiger partial charge >= 0.3 is 0 Å². The molecule has 2 unspecified atom stereocenters. The standard InChI is InChI=1S/C14H22FN3/c1-11-7-8-18(10-14(9-16)17(11)2)13-5-3-12(15)4-6-13/h3-6,11,14H,7-10,16H2,1-2H3. The van der Waals surface area contributed by atoms with Gasteiger partial charge in [0.05, 0.1) is 0 Å². The lowest BCUT2D eigenvalue weighted by Gasteiger charge is -2.31. The van der Waals surface area contributed by atoms with E-state index in [2.05, 4.69) is 23.8 Å². The first-order chi connectivity index (χ1) is 8.61. The van der Waals surface area contributed by atoms with Gasteiger partial charge in [-0.15, -0.1) is 0 Å². The van der Waals surface area contributed by atoms with Crippen LogP contribution in [-0.4, -0.2) is 43.7 Å². The van der Waals surface area contributed by atoms with Crippen LogP contribution in [0.5, 0.6) is 0 Å². The van der Waals surface area contributed by atoms with Crippen LogP contribution in [-0.2, 0) is 0 Å². The summed E-state index contributed by atoms with van der Waals surface area (Å²) in [6.07, 6.45) is 1.10. The predicted octanol–water partition coefficient (Wildman–Crippen LogP) is 1.68. The molecular formula is C14H22FN3. The monoisotopic (exact) mass is 251 g/mol. The highest BCUT2D eigenvalue weighted by molar-refractivity contribution is 5.46. The summed E-state index contributed by atoms with van der Waals surface area (Å²) in [7, 11) is 2.14. The van der Waals surface area contributed by atoms with Gasteiger partial charge in [0.25, 0.3) is 0 Å². The predicted molar refractivity (Wildman–Crippen MR) is 73.3 cm³/mol. The average Bonchev–Trinajstić information content (AvgIpc) is 2.52. The first-order valence-electron chi connectivity index (χ1n) is 6.54. The minimum absolute atomic E-state index is 0.186. The number of nitrogens with two attached hydrogens (primary N) is 1. The highest BCUT2D eigenvalue weighted by Crippen LogP contribution is 2.21. The van der Waals surface area contributed by atoms with Crippen molar-refractivity contribution in [2.75, 3.05) is 31.6 Å². The Balaban J connectivity index is 2.16. The van der Waals surface area contributed by atoms with Crippen LogP contribution in [0.1, 0.15) is 13.3 Å². The molecule has 1 aliphatic rings. The van der Waals surface area contributed by atoms with Gasteiger partial charge in [-0.05, 0) is 44.7 Å². The zero-order valence-corrected chi connectivity index (χ0v) is 11.1. The molecule has 1 saturated heterocycles. The zero-order chi connectivity index (χ0) is 13.1. The van der Waals surface area contributed by atoms with Crippen LogP contribution in [0, 0.1) is 5.82 Å². The van der Waals surface area contributed by atoms with Crippen LogP contribution < -0.4 is 10.6 Å². The van der Waals surface area contributed by atoms with Crippen molar-refractivity contribution >= 4 is 5.69 Å². The second-order valence-corrected chi connectivity index (χ2v) is 5.12. The average molecular weight is 251 g/mol. The third-order valence-electron chi connectivity index (χ3n) is 3.98. The molecule has 2 atom stereocenters. The molecule has 0 spiro atoms. The molecule has 0 amide bonds. The van der Waals surface area contributed by atoms with Crippen molar-refractivity contribution in [3.8, 4) is 0 Å². The fraction of sp³-hybridized carbons (Fsp3) is 0.571. The van der Waals surface area contributed by atoms with Crippen molar-refractivity contribution in [2.24, 2.45) is 5.73 Å². The van der Waals surface area contributed by atoms with Crippen LogP contribution >= 0.6 is 0 Å². The van der Waals surface area contributed by atoms with E-state index in [9.17, 15) is 4.39 Å². The molecule has 3 nitrogen and oxygen atoms in total. The smallest absolute Gasteiger partial charge is 0.123 e. The van der Waals surface area contributed by atoms with Gasteiger partial charge in [0.2, 0.25) is 0 Å². The van der Waals surface area contributed by atoms with E-state index < -0.39 is 0 Å². The summed E-state index contributed by atoms with van der Waals surface area (Å²) in [5.41, 5.74) is 6.94. The van der Waals surface area contributed by atoms with Crippen molar-refractivity contribution in [2.45, 2.75) is 25.4 Å². The van der Waals surface area contributed by atoms with Gasteiger partial charge < -0.3 is 10.6 Å². The van der Waals surface area contributed by atoms with Crippen LogP contribution in [0.4, 0.5) is 10.1 Å². The second kappa shape index (κ2) is 5.67. The Morgan fingerprint density at radius 1 is 1.33 bits per heavy atom. The van der Waals surface area contributed by atoms with Crippen LogP contribution in [0.25, 0.3) is 0 Å². The summed E-state index contributed by atoms with van der Waals surface area (Å²) in [6, 6.07) is 7.62. The number of hydrogen-bond acceptors (Lipinski definition) is 3. The molecule has 100 valence electrons. The minimum Gasteiger partial charge on any atom is -0.370 e. The van der Waals surface area contributed by atoms with Gasteiger partial charge in [0, 0.05) is 37.4 Å². The number of nitrogens with zero attached hydrogens (tertiary/aromatic N) is 2. The van der Waals surface area contributed by atoms with Crippen LogP contribution in [0.3, 0.4) is 0 Å². The zero-order valence-electron chi connectivity index (χ0n) is 11.1. The molecule has 1 aromatic carbocycles. The molecule has 2 N–H and O–H groups in total. The van der Waals surface area contributed by atoms with E-state index in [1.807, 2.05) is 12.1 Å². The van der Waals surface area contributed by atoms with Crippen molar-refractivity contribution in [3.63, 3.8) is 0 Å². The van der Waals surface area contributed by atoms with Gasteiger partial charge in [0.1, 0.15) is 5.82 Å². The Labute approximate surface area is 108 Å². The molecule has 0 aliphatic carbocycles.